The van der Waals surface area contributed by atoms with Gasteiger partial charge >= 0.3 is 5.97 Å². The molecule has 0 fully saturated rings. The summed E-state index contributed by atoms with van der Waals surface area (Å²) in [7, 11) is 0. The number of aliphatic carboxylic acids is 1. The van der Waals surface area contributed by atoms with E-state index in [4.69, 9.17) is 0 Å². The third-order valence-electron chi connectivity index (χ3n) is 5.65. The molecule has 0 spiro atoms. The van der Waals surface area contributed by atoms with E-state index in [0.717, 1.165) is 27.6 Å². The van der Waals surface area contributed by atoms with Gasteiger partial charge in [0.05, 0.1) is 11.1 Å². The van der Waals surface area contributed by atoms with Crippen molar-refractivity contribution in [2.45, 2.75) is 12.0 Å². The summed E-state index contributed by atoms with van der Waals surface area (Å²) in [6, 6.07) is 23.4. The van der Waals surface area contributed by atoms with Gasteiger partial charge in [-0.15, -0.1) is 0 Å². The van der Waals surface area contributed by atoms with Gasteiger partial charge in [0.2, 0.25) is 0 Å². The van der Waals surface area contributed by atoms with Crippen LogP contribution in [0.5, 0.6) is 0 Å². The lowest BCUT2D eigenvalue weighted by molar-refractivity contribution is -0.139. The van der Waals surface area contributed by atoms with Crippen LogP contribution in [0.2, 0.25) is 0 Å². The minimum absolute atomic E-state index is 0.360. The van der Waals surface area contributed by atoms with Crippen LogP contribution < -0.4 is 5.32 Å². The minimum Gasteiger partial charge on any atom is -0.480 e. The number of carboxylic acids is 1. The van der Waals surface area contributed by atoms with E-state index in [1.54, 1.807) is 24.4 Å². The Morgan fingerprint density at radius 3 is 2.13 bits per heavy atom. The van der Waals surface area contributed by atoms with Crippen LogP contribution in [0.4, 0.5) is 0 Å². The molecule has 146 valence electrons. The van der Waals surface area contributed by atoms with Gasteiger partial charge in [0.15, 0.2) is 0 Å². The largest absolute Gasteiger partial charge is 0.480 e. The highest BCUT2D eigenvalue weighted by Crippen LogP contribution is 2.46. The SMILES string of the molecule is O=C(N[C@H](C(=O)O)C1c2ccccc2-c2ccccc21)c1cccc2cccnc12. The summed E-state index contributed by atoms with van der Waals surface area (Å²) in [5, 5.41) is 13.7. The number of hydrogen-bond acceptors (Lipinski definition) is 3. The predicted molar refractivity (Wildman–Crippen MR) is 114 cm³/mol. The van der Waals surface area contributed by atoms with Crippen molar-refractivity contribution in [3.63, 3.8) is 0 Å². The Morgan fingerprint density at radius 1 is 0.833 bits per heavy atom. The quantitative estimate of drug-likeness (QED) is 0.543. The number of carbonyl (C=O) groups is 2. The number of para-hydroxylation sites is 1. The Balaban J connectivity index is 1.57. The summed E-state index contributed by atoms with van der Waals surface area (Å²) in [5.74, 6) is -2.00. The van der Waals surface area contributed by atoms with E-state index in [9.17, 15) is 14.7 Å². The summed E-state index contributed by atoms with van der Waals surface area (Å²) in [6.45, 7) is 0. The first-order valence-electron chi connectivity index (χ1n) is 9.71. The number of carboxylic acid groups (broad SMARTS) is 1. The van der Waals surface area contributed by atoms with Gasteiger partial charge in [-0.1, -0.05) is 66.7 Å². The third-order valence-corrected chi connectivity index (χ3v) is 5.65. The Bertz CT molecular complexity index is 1250. The summed E-state index contributed by atoms with van der Waals surface area (Å²) in [4.78, 5) is 29.8. The molecule has 3 aromatic carbocycles. The van der Waals surface area contributed by atoms with Gasteiger partial charge in [-0.3, -0.25) is 9.78 Å². The molecule has 1 aromatic heterocycles. The van der Waals surface area contributed by atoms with E-state index in [0.29, 0.717) is 11.1 Å². The van der Waals surface area contributed by atoms with Gasteiger partial charge in [0, 0.05) is 17.5 Å². The van der Waals surface area contributed by atoms with Crippen molar-refractivity contribution in [1.82, 2.24) is 10.3 Å². The average molecular weight is 394 g/mol. The molecule has 1 aliphatic carbocycles. The van der Waals surface area contributed by atoms with E-state index in [2.05, 4.69) is 10.3 Å². The number of pyridine rings is 1. The maximum absolute atomic E-state index is 13.1. The minimum atomic E-state index is -1.11. The van der Waals surface area contributed by atoms with E-state index in [1.165, 1.54) is 0 Å². The molecule has 0 saturated carbocycles. The van der Waals surface area contributed by atoms with Gasteiger partial charge in [-0.2, -0.15) is 0 Å². The second-order valence-electron chi connectivity index (χ2n) is 7.32. The maximum atomic E-state index is 13.1. The molecule has 0 saturated heterocycles. The van der Waals surface area contributed by atoms with Gasteiger partial charge in [-0.05, 0) is 34.4 Å². The molecule has 5 heteroatoms. The number of fused-ring (bicyclic) bond motifs is 4. The van der Waals surface area contributed by atoms with Crippen molar-refractivity contribution in [1.29, 1.82) is 0 Å². The first kappa shape index (κ1) is 18.1. The molecule has 5 rings (SSSR count). The first-order chi connectivity index (χ1) is 14.6. The molecule has 1 heterocycles. The second kappa shape index (κ2) is 7.12. The van der Waals surface area contributed by atoms with Crippen LogP contribution in [0, 0.1) is 0 Å². The lowest BCUT2D eigenvalue weighted by Gasteiger charge is -2.23. The van der Waals surface area contributed by atoms with Crippen molar-refractivity contribution in [3.8, 4) is 11.1 Å². The lowest BCUT2D eigenvalue weighted by atomic mass is 9.89. The van der Waals surface area contributed by atoms with E-state index < -0.39 is 23.8 Å². The normalized spacial score (nSPS) is 13.5. The van der Waals surface area contributed by atoms with Crippen LogP contribution in [0.3, 0.4) is 0 Å². The summed E-state index contributed by atoms with van der Waals surface area (Å²) in [6.07, 6.45) is 1.62. The molecule has 1 aliphatic rings. The van der Waals surface area contributed by atoms with Crippen LogP contribution in [0.15, 0.2) is 85.1 Å². The van der Waals surface area contributed by atoms with Crippen molar-refractivity contribution in [3.05, 3.63) is 102 Å². The zero-order chi connectivity index (χ0) is 20.7. The highest BCUT2D eigenvalue weighted by atomic mass is 16.4. The summed E-state index contributed by atoms with van der Waals surface area (Å²) in [5.41, 5.74) is 4.73. The molecule has 2 N–H and O–H groups in total. The van der Waals surface area contributed by atoms with E-state index in [1.807, 2.05) is 60.7 Å². The van der Waals surface area contributed by atoms with E-state index in [-0.39, 0.29) is 0 Å². The predicted octanol–water partition coefficient (Wildman–Crippen LogP) is 4.23. The Kier molecular flexibility index (Phi) is 4.29. The number of hydrogen-bond donors (Lipinski definition) is 2. The first-order valence-corrected chi connectivity index (χ1v) is 9.71. The van der Waals surface area contributed by atoms with Gasteiger partial charge in [0.1, 0.15) is 6.04 Å². The molecule has 0 radical (unpaired) electrons. The number of nitrogens with one attached hydrogen (secondary N) is 1. The number of rotatable bonds is 4. The van der Waals surface area contributed by atoms with Gasteiger partial charge in [0.25, 0.3) is 5.91 Å². The topological polar surface area (TPSA) is 79.3 Å². The molecule has 1 amide bonds. The lowest BCUT2D eigenvalue weighted by Crippen LogP contribution is -2.45. The molecule has 1 atom stereocenters. The van der Waals surface area contributed by atoms with Crippen molar-refractivity contribution < 1.29 is 14.7 Å². The fourth-order valence-corrected chi connectivity index (χ4v) is 4.35. The average Bonchev–Trinajstić information content (AvgIpc) is 3.11. The Hall–Kier alpha value is -3.99. The molecular formula is C25H18N2O3. The fraction of sp³-hybridized carbons (Fsp3) is 0.0800. The van der Waals surface area contributed by atoms with Gasteiger partial charge < -0.3 is 10.4 Å². The summed E-state index contributed by atoms with van der Waals surface area (Å²) >= 11 is 0. The van der Waals surface area contributed by atoms with E-state index >= 15 is 0 Å². The highest BCUT2D eigenvalue weighted by molar-refractivity contribution is 6.06. The van der Waals surface area contributed by atoms with Crippen molar-refractivity contribution in [2.24, 2.45) is 0 Å². The molecule has 4 aromatic rings. The number of benzene rings is 3. The maximum Gasteiger partial charge on any atom is 0.327 e. The van der Waals surface area contributed by atoms with Crippen LogP contribution in [-0.4, -0.2) is 28.0 Å². The third kappa shape index (κ3) is 2.83. The number of amides is 1. The Morgan fingerprint density at radius 2 is 1.47 bits per heavy atom. The van der Waals surface area contributed by atoms with Crippen LogP contribution >= 0.6 is 0 Å². The van der Waals surface area contributed by atoms with Crippen LogP contribution in [0.1, 0.15) is 27.4 Å². The van der Waals surface area contributed by atoms with Gasteiger partial charge in [-0.25, -0.2) is 4.79 Å². The number of nitrogens with zero attached hydrogens (tertiary/aromatic N) is 1. The molecule has 0 unspecified atom stereocenters. The summed E-state index contributed by atoms with van der Waals surface area (Å²) < 4.78 is 0. The highest BCUT2D eigenvalue weighted by Gasteiger charge is 2.39. The van der Waals surface area contributed by atoms with Crippen LogP contribution in [0.25, 0.3) is 22.0 Å². The second-order valence-corrected chi connectivity index (χ2v) is 7.32. The zero-order valence-corrected chi connectivity index (χ0v) is 15.9. The number of aromatic nitrogens is 1. The fourth-order valence-electron chi connectivity index (χ4n) is 4.35. The molecule has 5 nitrogen and oxygen atoms in total. The molecular weight excluding hydrogens is 376 g/mol. The monoisotopic (exact) mass is 394 g/mol. The van der Waals surface area contributed by atoms with Crippen molar-refractivity contribution >= 4 is 22.8 Å². The molecule has 0 bridgehead atoms. The van der Waals surface area contributed by atoms with Crippen molar-refractivity contribution in [2.75, 3.05) is 0 Å². The number of carbonyl (C=O) groups excluding carboxylic acids is 1. The molecule has 0 aliphatic heterocycles. The molecule has 30 heavy (non-hydrogen) atoms. The van der Waals surface area contributed by atoms with Crippen LogP contribution in [-0.2, 0) is 4.79 Å². The Labute approximate surface area is 173 Å². The standard InChI is InChI=1S/C25H18N2O3/c28-24(20-13-5-7-15-8-6-14-26-22(15)20)27-23(25(29)30)21-18-11-3-1-9-16(18)17-10-2-4-12-19(17)21/h1-14,21,23H,(H,27,28)(H,29,30)/t23-/m0/s1. The zero-order valence-electron chi connectivity index (χ0n) is 15.9. The smallest absolute Gasteiger partial charge is 0.327 e.